The Labute approximate surface area is 149 Å². The molecule has 1 saturated heterocycles. The van der Waals surface area contributed by atoms with E-state index in [9.17, 15) is 14.7 Å². The normalized spacial score (nSPS) is 26.8. The Morgan fingerprint density at radius 3 is 2.64 bits per heavy atom. The van der Waals surface area contributed by atoms with Crippen molar-refractivity contribution in [2.24, 2.45) is 11.8 Å². The van der Waals surface area contributed by atoms with Gasteiger partial charge in [-0.1, -0.05) is 19.9 Å². The second kappa shape index (κ2) is 7.52. The van der Waals surface area contributed by atoms with E-state index in [-0.39, 0.29) is 17.9 Å². The summed E-state index contributed by atoms with van der Waals surface area (Å²) in [5.74, 6) is -1.04. The number of carbonyl (C=O) groups is 2. The zero-order valence-electron chi connectivity index (χ0n) is 15.8. The van der Waals surface area contributed by atoms with Gasteiger partial charge in [0, 0.05) is 32.0 Å². The van der Waals surface area contributed by atoms with E-state index in [4.69, 9.17) is 0 Å². The van der Waals surface area contributed by atoms with E-state index in [0.717, 1.165) is 5.56 Å². The molecule has 1 amide bonds. The minimum atomic E-state index is -1.04. The van der Waals surface area contributed by atoms with Crippen molar-refractivity contribution in [1.29, 1.82) is 0 Å². The molecule has 25 heavy (non-hydrogen) atoms. The average Bonchev–Trinajstić information content (AvgIpc) is 2.87. The van der Waals surface area contributed by atoms with Crippen LogP contribution in [0, 0.1) is 11.8 Å². The molecule has 6 nitrogen and oxygen atoms in total. The van der Waals surface area contributed by atoms with E-state index in [1.165, 1.54) is 0 Å². The summed E-state index contributed by atoms with van der Waals surface area (Å²) in [5.41, 5.74) is -0.149. The summed E-state index contributed by atoms with van der Waals surface area (Å²) in [7, 11) is 3.60. The first-order valence-corrected chi connectivity index (χ1v) is 8.85. The van der Waals surface area contributed by atoms with Crippen molar-refractivity contribution in [3.05, 3.63) is 30.1 Å². The third-order valence-electron chi connectivity index (χ3n) is 5.37. The molecule has 0 radical (unpaired) electrons. The Bertz CT molecular complexity index is 620. The summed E-state index contributed by atoms with van der Waals surface area (Å²) in [6.45, 7) is 6.56. The smallest absolute Gasteiger partial charge is 0.324 e. The summed E-state index contributed by atoms with van der Waals surface area (Å²) in [4.78, 5) is 33.0. The van der Waals surface area contributed by atoms with Crippen molar-refractivity contribution >= 4 is 11.9 Å². The second-order valence-electron chi connectivity index (χ2n) is 7.44. The molecule has 0 aliphatic carbocycles. The molecule has 2 heterocycles. The molecule has 0 aromatic carbocycles. The van der Waals surface area contributed by atoms with Gasteiger partial charge in [-0.25, -0.2) is 0 Å². The van der Waals surface area contributed by atoms with Crippen LogP contribution in [0.5, 0.6) is 0 Å². The van der Waals surface area contributed by atoms with Crippen molar-refractivity contribution in [3.8, 4) is 0 Å². The van der Waals surface area contributed by atoms with Gasteiger partial charge in [-0.15, -0.1) is 0 Å². The fourth-order valence-electron chi connectivity index (χ4n) is 4.05. The van der Waals surface area contributed by atoms with E-state index < -0.39 is 17.4 Å². The molecule has 0 bridgehead atoms. The predicted octanol–water partition coefficient (Wildman–Crippen LogP) is 2.42. The van der Waals surface area contributed by atoms with Crippen LogP contribution in [0.15, 0.2) is 24.5 Å². The molecule has 1 aromatic heterocycles. The van der Waals surface area contributed by atoms with Gasteiger partial charge in [0.25, 0.3) is 0 Å². The molecule has 1 aromatic rings. The van der Waals surface area contributed by atoms with Crippen LogP contribution in [0.25, 0.3) is 0 Å². The number of amides is 1. The van der Waals surface area contributed by atoms with Crippen molar-refractivity contribution in [2.45, 2.75) is 45.2 Å². The van der Waals surface area contributed by atoms with Crippen LogP contribution in [0.2, 0.25) is 0 Å². The average molecular weight is 347 g/mol. The summed E-state index contributed by atoms with van der Waals surface area (Å²) in [6, 6.07) is 3.47. The maximum Gasteiger partial charge on any atom is 0.324 e. The Hall–Kier alpha value is -1.95. The van der Waals surface area contributed by atoms with E-state index in [1.54, 1.807) is 24.3 Å². The van der Waals surface area contributed by atoms with Gasteiger partial charge < -0.3 is 10.0 Å². The van der Waals surface area contributed by atoms with Crippen LogP contribution in [-0.4, -0.2) is 57.9 Å². The number of carboxylic acid groups (broad SMARTS) is 1. The highest BCUT2D eigenvalue weighted by molar-refractivity contribution is 5.85. The minimum absolute atomic E-state index is 0.00455. The standard InChI is InChI=1S/C19H29N3O3/c1-6-21(4)17(23)15-11-19(18(24)25,10-13(2)3)22(5)16(15)14-8-7-9-20-12-14/h7-9,12-13,15-16H,6,10-11H2,1-5H3,(H,24,25)/t15-,16-,19-/m0/s1. The fraction of sp³-hybridized carbons (Fsp3) is 0.632. The van der Waals surface area contributed by atoms with Gasteiger partial charge in [-0.2, -0.15) is 0 Å². The number of hydrogen-bond donors (Lipinski definition) is 1. The molecule has 0 saturated carbocycles. The van der Waals surface area contributed by atoms with Crippen molar-refractivity contribution in [1.82, 2.24) is 14.8 Å². The SMILES string of the molecule is CCN(C)C(=O)[C@H]1C[C@@](CC(C)C)(C(=O)O)N(C)[C@H]1c1cccnc1. The molecular formula is C19H29N3O3. The molecule has 1 fully saturated rings. The number of pyridine rings is 1. The van der Waals surface area contributed by atoms with Crippen LogP contribution >= 0.6 is 0 Å². The van der Waals surface area contributed by atoms with Gasteiger partial charge in [0.05, 0.1) is 5.92 Å². The molecule has 1 N–H and O–H groups in total. The van der Waals surface area contributed by atoms with E-state index >= 15 is 0 Å². The highest BCUT2D eigenvalue weighted by Gasteiger charge is 2.57. The zero-order chi connectivity index (χ0) is 18.8. The number of carboxylic acids is 1. The number of aromatic nitrogens is 1. The molecule has 0 unspecified atom stereocenters. The number of likely N-dealkylation sites (tertiary alicyclic amines) is 1. The molecule has 6 heteroatoms. The van der Waals surface area contributed by atoms with Crippen LogP contribution in [0.3, 0.4) is 0 Å². The first-order chi connectivity index (χ1) is 11.7. The first kappa shape index (κ1) is 19.4. The summed E-state index contributed by atoms with van der Waals surface area (Å²) in [5, 5.41) is 10.1. The van der Waals surface area contributed by atoms with Crippen LogP contribution in [0.4, 0.5) is 0 Å². The topological polar surface area (TPSA) is 73.7 Å². The van der Waals surface area contributed by atoms with Gasteiger partial charge >= 0.3 is 5.97 Å². The fourth-order valence-corrected chi connectivity index (χ4v) is 4.05. The lowest BCUT2D eigenvalue weighted by Gasteiger charge is -2.36. The van der Waals surface area contributed by atoms with Crippen molar-refractivity contribution < 1.29 is 14.7 Å². The van der Waals surface area contributed by atoms with Crippen LogP contribution in [0.1, 0.15) is 45.2 Å². The summed E-state index contributed by atoms with van der Waals surface area (Å²) < 4.78 is 0. The largest absolute Gasteiger partial charge is 0.480 e. The quantitative estimate of drug-likeness (QED) is 0.855. The highest BCUT2D eigenvalue weighted by atomic mass is 16.4. The summed E-state index contributed by atoms with van der Waals surface area (Å²) in [6.07, 6.45) is 4.25. The maximum atomic E-state index is 13.0. The predicted molar refractivity (Wildman–Crippen MR) is 96.0 cm³/mol. The Balaban J connectivity index is 2.52. The molecule has 138 valence electrons. The Morgan fingerprint density at radius 1 is 1.48 bits per heavy atom. The monoisotopic (exact) mass is 347 g/mol. The third kappa shape index (κ3) is 3.54. The lowest BCUT2D eigenvalue weighted by atomic mass is 9.83. The van der Waals surface area contributed by atoms with Crippen LogP contribution < -0.4 is 0 Å². The number of carbonyl (C=O) groups excluding carboxylic acids is 1. The maximum absolute atomic E-state index is 13.0. The van der Waals surface area contributed by atoms with E-state index in [0.29, 0.717) is 19.4 Å². The zero-order valence-corrected chi connectivity index (χ0v) is 15.8. The number of likely N-dealkylation sites (N-methyl/N-ethyl adjacent to an activating group) is 1. The Kier molecular flexibility index (Phi) is 5.83. The molecular weight excluding hydrogens is 318 g/mol. The number of nitrogens with zero attached hydrogens (tertiary/aromatic N) is 3. The summed E-state index contributed by atoms with van der Waals surface area (Å²) >= 11 is 0. The first-order valence-electron chi connectivity index (χ1n) is 8.85. The van der Waals surface area contributed by atoms with Gasteiger partial charge in [-0.3, -0.25) is 19.5 Å². The third-order valence-corrected chi connectivity index (χ3v) is 5.37. The number of hydrogen-bond acceptors (Lipinski definition) is 4. The van der Waals surface area contributed by atoms with Gasteiger partial charge in [0.15, 0.2) is 0 Å². The highest BCUT2D eigenvalue weighted by Crippen LogP contribution is 2.49. The molecule has 1 aliphatic heterocycles. The molecule has 2 rings (SSSR count). The Morgan fingerprint density at radius 2 is 2.16 bits per heavy atom. The lowest BCUT2D eigenvalue weighted by molar-refractivity contribution is -0.151. The van der Waals surface area contributed by atoms with Crippen molar-refractivity contribution in [2.75, 3.05) is 20.6 Å². The second-order valence-corrected chi connectivity index (χ2v) is 7.44. The minimum Gasteiger partial charge on any atom is -0.480 e. The lowest BCUT2D eigenvalue weighted by Crippen LogP contribution is -2.50. The van der Waals surface area contributed by atoms with E-state index in [1.807, 2.05) is 44.9 Å². The molecule has 3 atom stereocenters. The van der Waals surface area contributed by atoms with Gasteiger partial charge in [0.2, 0.25) is 5.91 Å². The van der Waals surface area contributed by atoms with Gasteiger partial charge in [0.1, 0.15) is 5.54 Å². The van der Waals surface area contributed by atoms with Crippen molar-refractivity contribution in [3.63, 3.8) is 0 Å². The number of rotatable bonds is 6. The van der Waals surface area contributed by atoms with E-state index in [2.05, 4.69) is 4.98 Å². The van der Waals surface area contributed by atoms with Crippen LogP contribution in [-0.2, 0) is 9.59 Å². The molecule has 0 spiro atoms. The number of aliphatic carboxylic acids is 1. The molecule has 1 aliphatic rings. The van der Waals surface area contributed by atoms with Gasteiger partial charge in [-0.05, 0) is 44.4 Å².